The molecule has 0 N–H and O–H groups in total. The molecule has 0 saturated heterocycles. The highest BCUT2D eigenvalue weighted by Gasteiger charge is 2.03. The zero-order valence-electron chi connectivity index (χ0n) is 8.65. The van der Waals surface area contributed by atoms with Crippen LogP contribution in [0.3, 0.4) is 0 Å². The van der Waals surface area contributed by atoms with Crippen LogP contribution in [0.2, 0.25) is 0 Å². The maximum atomic E-state index is 5.70. The van der Waals surface area contributed by atoms with Crippen LogP contribution in [0.4, 0.5) is 0 Å². The van der Waals surface area contributed by atoms with Gasteiger partial charge < -0.3 is 4.74 Å². The van der Waals surface area contributed by atoms with Crippen LogP contribution in [0.15, 0.2) is 30.3 Å². The van der Waals surface area contributed by atoms with Crippen molar-refractivity contribution in [2.45, 2.75) is 25.9 Å². The molecule has 1 atom stereocenters. The first kappa shape index (κ1) is 11.6. The fraction of sp³-hybridized carbons (Fsp3) is 0.500. The third-order valence-corrected chi connectivity index (χ3v) is 2.51. The van der Waals surface area contributed by atoms with Crippen molar-refractivity contribution in [1.82, 2.24) is 0 Å². The fourth-order valence-electron chi connectivity index (χ4n) is 1.29. The molecule has 0 aliphatic carbocycles. The van der Waals surface area contributed by atoms with Crippen molar-refractivity contribution in [1.29, 1.82) is 0 Å². The molecule has 1 aromatic rings. The topological polar surface area (TPSA) is 9.23 Å². The molecule has 0 aromatic heterocycles. The molecule has 1 aromatic carbocycles. The van der Waals surface area contributed by atoms with E-state index in [2.05, 4.69) is 31.7 Å². The van der Waals surface area contributed by atoms with Gasteiger partial charge in [-0.05, 0) is 31.1 Å². The zero-order chi connectivity index (χ0) is 10.2. The molecule has 1 nitrogen and oxygen atoms in total. The summed E-state index contributed by atoms with van der Waals surface area (Å²) in [5, 5.41) is 0. The Morgan fingerprint density at radius 2 is 1.93 bits per heavy atom. The van der Waals surface area contributed by atoms with Crippen LogP contribution in [-0.2, 0) is 4.74 Å². The average Bonchev–Trinajstić information content (AvgIpc) is 2.25. The largest absolute Gasteiger partial charge is 0.374 e. The van der Waals surface area contributed by atoms with Gasteiger partial charge in [0.05, 0.1) is 6.10 Å². The van der Waals surface area contributed by atoms with Crippen molar-refractivity contribution in [3.05, 3.63) is 35.9 Å². The fourth-order valence-corrected chi connectivity index (χ4v) is 1.52. The Hall–Kier alpha value is -0.470. The van der Waals surface area contributed by atoms with E-state index in [1.807, 2.05) is 18.2 Å². The lowest BCUT2D eigenvalue weighted by molar-refractivity contribution is 0.0638. The summed E-state index contributed by atoms with van der Waals surface area (Å²) in [6.07, 6.45) is 2.43. The van der Waals surface area contributed by atoms with Gasteiger partial charge in [0.25, 0.3) is 0 Å². The van der Waals surface area contributed by atoms with E-state index in [9.17, 15) is 0 Å². The lowest BCUT2D eigenvalue weighted by Gasteiger charge is -2.12. The van der Waals surface area contributed by atoms with Gasteiger partial charge in [-0.25, -0.2) is 0 Å². The summed E-state index contributed by atoms with van der Waals surface area (Å²) in [5.41, 5.74) is 1.25. The molecule has 0 fully saturated rings. The number of unbranched alkanes of at least 4 members (excludes halogenated alkanes) is 1. The number of thiol groups is 1. The standard InChI is InChI=1S/C12H18OS/c1-11(13-9-5-6-10-14)12-7-3-2-4-8-12/h2-4,7-8,11,14H,5-6,9-10H2,1H3. The Balaban J connectivity index is 2.25. The van der Waals surface area contributed by atoms with Crippen LogP contribution < -0.4 is 0 Å². The van der Waals surface area contributed by atoms with Crippen molar-refractivity contribution in [3.8, 4) is 0 Å². The predicted molar refractivity (Wildman–Crippen MR) is 63.9 cm³/mol. The predicted octanol–water partition coefficient (Wildman–Crippen LogP) is 3.47. The first-order valence-electron chi connectivity index (χ1n) is 5.12. The molecule has 1 unspecified atom stereocenters. The molecule has 14 heavy (non-hydrogen) atoms. The Bertz CT molecular complexity index is 235. The molecule has 0 aliphatic heterocycles. The lowest BCUT2D eigenvalue weighted by atomic mass is 10.1. The maximum Gasteiger partial charge on any atom is 0.0796 e. The minimum Gasteiger partial charge on any atom is -0.374 e. The maximum absolute atomic E-state index is 5.70. The number of hydrogen-bond acceptors (Lipinski definition) is 2. The number of rotatable bonds is 6. The van der Waals surface area contributed by atoms with Crippen LogP contribution in [0.25, 0.3) is 0 Å². The third kappa shape index (κ3) is 4.16. The second-order valence-electron chi connectivity index (χ2n) is 3.35. The number of ether oxygens (including phenoxy) is 1. The highest BCUT2D eigenvalue weighted by Crippen LogP contribution is 2.16. The van der Waals surface area contributed by atoms with Crippen molar-refractivity contribution >= 4 is 12.6 Å². The van der Waals surface area contributed by atoms with E-state index in [4.69, 9.17) is 4.74 Å². The summed E-state index contributed by atoms with van der Waals surface area (Å²) < 4.78 is 5.70. The zero-order valence-corrected chi connectivity index (χ0v) is 9.54. The molecule has 0 radical (unpaired) electrons. The minimum absolute atomic E-state index is 0.205. The summed E-state index contributed by atoms with van der Waals surface area (Å²) in [5.74, 6) is 0.947. The number of benzene rings is 1. The highest BCUT2D eigenvalue weighted by atomic mass is 32.1. The summed E-state index contributed by atoms with van der Waals surface area (Å²) in [6.45, 7) is 2.92. The van der Waals surface area contributed by atoms with Gasteiger partial charge in [-0.15, -0.1) is 0 Å². The van der Waals surface area contributed by atoms with Crippen molar-refractivity contribution in [2.75, 3.05) is 12.4 Å². The second kappa shape index (κ2) is 6.91. The molecular formula is C12H18OS. The quantitative estimate of drug-likeness (QED) is 0.558. The van der Waals surface area contributed by atoms with E-state index in [1.165, 1.54) is 5.56 Å². The van der Waals surface area contributed by atoms with Gasteiger partial charge in [0, 0.05) is 6.61 Å². The van der Waals surface area contributed by atoms with Gasteiger partial charge in [0.2, 0.25) is 0 Å². The lowest BCUT2D eigenvalue weighted by Crippen LogP contribution is -2.01. The highest BCUT2D eigenvalue weighted by molar-refractivity contribution is 7.80. The first-order valence-corrected chi connectivity index (χ1v) is 5.75. The minimum atomic E-state index is 0.205. The van der Waals surface area contributed by atoms with Gasteiger partial charge >= 0.3 is 0 Å². The molecular weight excluding hydrogens is 192 g/mol. The molecule has 0 bridgehead atoms. The first-order chi connectivity index (χ1) is 6.84. The summed E-state index contributed by atoms with van der Waals surface area (Å²) >= 11 is 4.16. The monoisotopic (exact) mass is 210 g/mol. The summed E-state index contributed by atoms with van der Waals surface area (Å²) in [7, 11) is 0. The molecule has 2 heteroatoms. The Morgan fingerprint density at radius 1 is 1.21 bits per heavy atom. The van der Waals surface area contributed by atoms with Gasteiger partial charge in [0.15, 0.2) is 0 Å². The number of hydrogen-bond donors (Lipinski definition) is 1. The van der Waals surface area contributed by atoms with E-state index in [1.54, 1.807) is 0 Å². The van der Waals surface area contributed by atoms with Crippen molar-refractivity contribution < 1.29 is 4.74 Å². The van der Waals surface area contributed by atoms with Crippen LogP contribution >= 0.6 is 12.6 Å². The van der Waals surface area contributed by atoms with E-state index in [-0.39, 0.29) is 6.10 Å². The smallest absolute Gasteiger partial charge is 0.0796 e. The van der Waals surface area contributed by atoms with Gasteiger partial charge in [-0.2, -0.15) is 12.6 Å². The van der Waals surface area contributed by atoms with E-state index in [0.29, 0.717) is 0 Å². The summed E-state index contributed by atoms with van der Waals surface area (Å²) in [6, 6.07) is 10.3. The Kier molecular flexibility index (Phi) is 5.72. The molecule has 0 aliphatic rings. The molecule has 1 rings (SSSR count). The molecule has 78 valence electrons. The van der Waals surface area contributed by atoms with Crippen molar-refractivity contribution in [3.63, 3.8) is 0 Å². The normalized spacial score (nSPS) is 12.7. The molecule has 0 spiro atoms. The van der Waals surface area contributed by atoms with Gasteiger partial charge in [0.1, 0.15) is 0 Å². The van der Waals surface area contributed by atoms with Gasteiger partial charge in [-0.3, -0.25) is 0 Å². The SMILES string of the molecule is CC(OCCCCS)c1ccccc1. The van der Waals surface area contributed by atoms with Crippen molar-refractivity contribution in [2.24, 2.45) is 0 Å². The van der Waals surface area contributed by atoms with Crippen LogP contribution in [0, 0.1) is 0 Å². The van der Waals surface area contributed by atoms with Crippen LogP contribution in [-0.4, -0.2) is 12.4 Å². The Labute approximate surface area is 91.9 Å². The van der Waals surface area contributed by atoms with Crippen LogP contribution in [0.5, 0.6) is 0 Å². The van der Waals surface area contributed by atoms with E-state index in [0.717, 1.165) is 25.2 Å². The second-order valence-corrected chi connectivity index (χ2v) is 3.80. The van der Waals surface area contributed by atoms with Gasteiger partial charge in [-0.1, -0.05) is 30.3 Å². The molecule has 0 amide bonds. The molecule has 0 saturated carbocycles. The summed E-state index contributed by atoms with van der Waals surface area (Å²) in [4.78, 5) is 0. The average molecular weight is 210 g/mol. The third-order valence-electron chi connectivity index (χ3n) is 2.19. The Morgan fingerprint density at radius 3 is 2.57 bits per heavy atom. The molecule has 0 heterocycles. The van der Waals surface area contributed by atoms with E-state index >= 15 is 0 Å². The van der Waals surface area contributed by atoms with Crippen LogP contribution in [0.1, 0.15) is 31.4 Å². The van der Waals surface area contributed by atoms with E-state index < -0.39 is 0 Å².